The minimum absolute atomic E-state index is 0.0107. The van der Waals surface area contributed by atoms with E-state index >= 15 is 0 Å². The van der Waals surface area contributed by atoms with E-state index in [1.54, 1.807) is 67.2 Å². The number of amides is 3. The van der Waals surface area contributed by atoms with E-state index in [-0.39, 0.29) is 58.8 Å². The van der Waals surface area contributed by atoms with Crippen LogP contribution in [0.3, 0.4) is 0 Å². The average molecular weight is 795 g/mol. The summed E-state index contributed by atoms with van der Waals surface area (Å²) in [5, 5.41) is 4.21. The molecule has 2 aliphatic carbocycles. The summed E-state index contributed by atoms with van der Waals surface area (Å²) >= 11 is 14.9. The Bertz CT molecular complexity index is 2210. The third-order valence-corrected chi connectivity index (χ3v) is 13.9. The Hall–Kier alpha value is -4.30. The molecule has 4 unspecified atom stereocenters. The summed E-state index contributed by atoms with van der Waals surface area (Å²) in [7, 11) is 0. The van der Waals surface area contributed by atoms with Gasteiger partial charge in [-0.3, -0.25) is 24.1 Å². The fourth-order valence-electron chi connectivity index (χ4n) is 8.63. The largest absolute Gasteiger partial charge is 0.490 e. The van der Waals surface area contributed by atoms with E-state index < -0.39 is 23.7 Å². The maximum Gasteiger partial charge on any atom is 0.338 e. The summed E-state index contributed by atoms with van der Waals surface area (Å²) < 4.78 is 17.0. The maximum atomic E-state index is 14.2. The summed E-state index contributed by atoms with van der Waals surface area (Å²) in [6, 6.07) is 16.7. The second-order valence-corrected chi connectivity index (χ2v) is 16.4. The van der Waals surface area contributed by atoms with Crippen LogP contribution < -0.4 is 24.6 Å². The number of halogens is 2. The number of nitrogens with zero attached hydrogens (tertiary/aromatic N) is 1. The number of fused-ring (bicyclic) bond motifs is 9. The highest BCUT2D eigenvalue weighted by molar-refractivity contribution is 8.00. The molecule has 4 aromatic rings. The molecule has 3 aromatic carbocycles. The van der Waals surface area contributed by atoms with Gasteiger partial charge >= 0.3 is 10.8 Å². The zero-order valence-electron chi connectivity index (χ0n) is 28.4. The summed E-state index contributed by atoms with van der Waals surface area (Å²) in [6.45, 7) is 3.87. The monoisotopic (exact) mass is 793 g/mol. The molecule has 2 aliphatic heterocycles. The van der Waals surface area contributed by atoms with Crippen LogP contribution in [0.1, 0.15) is 47.0 Å². The normalized spacial score (nSPS) is 25.1. The number of esters is 1. The van der Waals surface area contributed by atoms with Gasteiger partial charge in [-0.05, 0) is 98.2 Å². The first-order chi connectivity index (χ1) is 25.6. The second-order valence-electron chi connectivity index (χ2n) is 13.3. The van der Waals surface area contributed by atoms with Crippen molar-refractivity contribution in [1.82, 2.24) is 4.98 Å². The van der Waals surface area contributed by atoms with Crippen molar-refractivity contribution in [3.05, 3.63) is 96.4 Å². The number of thiazole rings is 1. The number of nitrogens with one attached hydrogen (secondary N) is 2. The van der Waals surface area contributed by atoms with Crippen molar-refractivity contribution in [1.29, 1.82) is 0 Å². The van der Waals surface area contributed by atoms with E-state index in [0.29, 0.717) is 45.1 Å². The lowest BCUT2D eigenvalue weighted by Gasteiger charge is -2.43. The van der Waals surface area contributed by atoms with Crippen LogP contribution in [0.4, 0.5) is 11.4 Å². The van der Waals surface area contributed by atoms with Crippen LogP contribution in [0.25, 0.3) is 0 Å². The van der Waals surface area contributed by atoms with Gasteiger partial charge < -0.3 is 24.5 Å². The minimum Gasteiger partial charge on any atom is -0.490 e. The Labute approximate surface area is 322 Å². The predicted molar refractivity (Wildman–Crippen MR) is 202 cm³/mol. The van der Waals surface area contributed by atoms with E-state index in [1.165, 1.54) is 16.2 Å². The second kappa shape index (κ2) is 14.2. The van der Waals surface area contributed by atoms with Crippen LogP contribution in [0.5, 0.6) is 11.5 Å². The molecule has 7 atom stereocenters. The van der Waals surface area contributed by atoms with Gasteiger partial charge in [0, 0.05) is 21.7 Å². The number of rotatable bonds is 10. The van der Waals surface area contributed by atoms with E-state index in [9.17, 15) is 24.0 Å². The van der Waals surface area contributed by atoms with Crippen LogP contribution in [0.15, 0.2) is 70.5 Å². The van der Waals surface area contributed by atoms with Gasteiger partial charge in [0.15, 0.2) is 18.1 Å². The SMILES string of the molecule is CCOC(=O)c1ccc(N2C(=O)C3C(C2=O)[C@@H]2C[C@H]3C3Sc4[nH]c(=O)sc4[C@H](c4ccc(OCC(=O)Nc5ccc(Cl)c(Cl)c5)c(OCC)c4)C32)cc1. The smallest absolute Gasteiger partial charge is 0.338 e. The molecule has 3 amide bonds. The number of carbonyl (C=O) groups excluding carboxylic acids is 4. The lowest BCUT2D eigenvalue weighted by atomic mass is 9.68. The molecule has 2 saturated carbocycles. The Morgan fingerprint density at radius 1 is 0.887 bits per heavy atom. The number of aromatic nitrogens is 1. The number of aromatic amines is 1. The molecule has 53 heavy (non-hydrogen) atoms. The number of H-pyrrole nitrogens is 1. The highest BCUT2D eigenvalue weighted by atomic mass is 35.5. The molecule has 11 nitrogen and oxygen atoms in total. The molecule has 2 N–H and O–H groups in total. The molecule has 0 radical (unpaired) electrons. The fourth-order valence-corrected chi connectivity index (χ4v) is 11.8. The zero-order chi connectivity index (χ0) is 37.1. The van der Waals surface area contributed by atoms with Crippen LogP contribution in [-0.4, -0.2) is 53.7 Å². The van der Waals surface area contributed by atoms with E-state index in [4.69, 9.17) is 37.4 Å². The van der Waals surface area contributed by atoms with Crippen molar-refractivity contribution in [2.24, 2.45) is 29.6 Å². The lowest BCUT2D eigenvalue weighted by molar-refractivity contribution is -0.123. The van der Waals surface area contributed by atoms with Gasteiger partial charge in [-0.15, -0.1) is 11.8 Å². The van der Waals surface area contributed by atoms with Gasteiger partial charge in [0.1, 0.15) is 0 Å². The zero-order valence-corrected chi connectivity index (χ0v) is 31.6. The van der Waals surface area contributed by atoms with Gasteiger partial charge in [-0.1, -0.05) is 40.6 Å². The molecule has 1 aromatic heterocycles. The number of thioether (sulfide) groups is 1. The Kier molecular flexibility index (Phi) is 9.54. The standard InChI is InChI=1S/C38H33Cl2N3O8S2/c1-3-49-26-13-18(7-12-25(26)51-16-27(44)41-19-8-11-23(39)24(40)14-19)28-29-21-15-22(32(29)52-34-33(28)53-38(48)42-34)31-30(21)35(45)43(36(31)46)20-9-5-17(6-10-20)37(47)50-4-2/h5-14,21-22,28-32H,3-4,15-16H2,1-2H3,(H,41,44)(H,42,48)/t21-,22-,28-,29?,30?,31?,32?/m1/s1. The molecule has 15 heteroatoms. The van der Waals surface area contributed by atoms with E-state index in [1.807, 2.05) is 19.1 Å². The number of benzene rings is 3. The third-order valence-electron chi connectivity index (χ3n) is 10.5. The van der Waals surface area contributed by atoms with Gasteiger partial charge in [-0.25, -0.2) is 4.79 Å². The van der Waals surface area contributed by atoms with Gasteiger partial charge in [-0.2, -0.15) is 0 Å². The Morgan fingerprint density at radius 3 is 2.36 bits per heavy atom. The van der Waals surface area contributed by atoms with Crippen molar-refractivity contribution in [2.75, 3.05) is 30.0 Å². The van der Waals surface area contributed by atoms with Crippen LogP contribution >= 0.6 is 46.3 Å². The van der Waals surface area contributed by atoms with Crippen molar-refractivity contribution in [3.8, 4) is 11.5 Å². The maximum absolute atomic E-state index is 14.2. The molecule has 8 rings (SSSR count). The van der Waals surface area contributed by atoms with Crippen molar-refractivity contribution in [2.45, 2.75) is 36.5 Å². The first-order valence-corrected chi connectivity index (χ1v) is 19.7. The van der Waals surface area contributed by atoms with Crippen molar-refractivity contribution >= 4 is 81.4 Å². The highest BCUT2D eigenvalue weighted by Crippen LogP contribution is 2.68. The van der Waals surface area contributed by atoms with Crippen LogP contribution in [0, 0.1) is 29.6 Å². The number of anilines is 2. The fraction of sp³-hybridized carbons (Fsp3) is 0.342. The number of hydrogen-bond donors (Lipinski definition) is 2. The van der Waals surface area contributed by atoms with Gasteiger partial charge in [0.25, 0.3) is 5.91 Å². The average Bonchev–Trinajstić information content (AvgIpc) is 3.88. The lowest BCUT2D eigenvalue weighted by Crippen LogP contribution is -2.42. The summed E-state index contributed by atoms with van der Waals surface area (Å²) in [5.41, 5.74) is 2.14. The van der Waals surface area contributed by atoms with Gasteiger partial charge in [0.05, 0.1) is 51.4 Å². The molecule has 3 fully saturated rings. The number of imide groups is 1. The van der Waals surface area contributed by atoms with E-state index in [2.05, 4.69) is 10.3 Å². The minimum atomic E-state index is -0.498. The van der Waals surface area contributed by atoms with E-state index in [0.717, 1.165) is 21.9 Å². The quantitative estimate of drug-likeness (QED) is 0.128. The number of carbonyl (C=O) groups is 4. The summed E-state index contributed by atoms with van der Waals surface area (Å²) in [4.78, 5) is 71.1. The molecule has 274 valence electrons. The molecule has 1 saturated heterocycles. The van der Waals surface area contributed by atoms with Gasteiger partial charge in [0.2, 0.25) is 11.8 Å². The summed E-state index contributed by atoms with van der Waals surface area (Å²) in [6.07, 6.45) is 0.730. The highest BCUT2D eigenvalue weighted by Gasteiger charge is 2.69. The Balaban J connectivity index is 1.07. The topological polar surface area (TPSA) is 144 Å². The van der Waals surface area contributed by atoms with Crippen molar-refractivity contribution < 1.29 is 33.4 Å². The molecule has 2 bridgehead atoms. The molecular weight excluding hydrogens is 761 g/mol. The molecule has 3 heterocycles. The first kappa shape index (κ1) is 35.7. The van der Waals surface area contributed by atoms with Crippen molar-refractivity contribution in [3.63, 3.8) is 0 Å². The molecule has 4 aliphatic rings. The third kappa shape index (κ3) is 6.21. The van der Waals surface area contributed by atoms with Crippen LogP contribution in [-0.2, 0) is 19.1 Å². The predicted octanol–water partition coefficient (Wildman–Crippen LogP) is 7.01. The molecule has 0 spiro atoms. The Morgan fingerprint density at radius 2 is 1.64 bits per heavy atom. The summed E-state index contributed by atoms with van der Waals surface area (Å²) in [5.74, 6) is -1.93. The number of ether oxygens (including phenoxy) is 3. The van der Waals surface area contributed by atoms with Crippen LogP contribution in [0.2, 0.25) is 10.0 Å². The first-order valence-electron chi connectivity index (χ1n) is 17.3. The number of hydrogen-bond acceptors (Lipinski definition) is 10. The molecular formula is C38H33Cl2N3O8S2.